The van der Waals surface area contributed by atoms with E-state index in [9.17, 15) is 0 Å². The average molecular weight is 246 g/mol. The van der Waals surface area contributed by atoms with Crippen LogP contribution >= 0.6 is 0 Å². The maximum absolute atomic E-state index is 6.32. The molecule has 0 radical (unpaired) electrons. The van der Waals surface area contributed by atoms with Crippen LogP contribution in [-0.2, 0) is 0 Å². The zero-order chi connectivity index (χ0) is 12.8. The smallest absolute Gasteiger partial charge is 0.0424 e. The Morgan fingerprint density at radius 3 is 2.17 bits per heavy atom. The topological polar surface area (TPSA) is 29.3 Å². The highest BCUT2D eigenvalue weighted by atomic mass is 15.1. The van der Waals surface area contributed by atoms with Crippen LogP contribution in [-0.4, -0.2) is 24.5 Å². The van der Waals surface area contributed by atoms with Crippen molar-refractivity contribution in [2.75, 3.05) is 19.6 Å². The molecule has 0 aromatic heterocycles. The molecule has 1 fully saturated rings. The third-order valence-corrected chi connectivity index (χ3v) is 3.91. The van der Waals surface area contributed by atoms with Crippen molar-refractivity contribution in [2.24, 2.45) is 5.73 Å². The number of nitrogens with zero attached hydrogens (tertiary/aromatic N) is 1. The molecule has 18 heavy (non-hydrogen) atoms. The number of aryl methyl sites for hydroxylation is 1. The average Bonchev–Trinajstić information content (AvgIpc) is 2.33. The van der Waals surface area contributed by atoms with Gasteiger partial charge in [0, 0.05) is 12.6 Å². The number of nitrogens with two attached hydrogens (primary N) is 1. The fourth-order valence-corrected chi connectivity index (χ4v) is 2.69. The molecule has 0 aliphatic carbocycles. The van der Waals surface area contributed by atoms with E-state index in [1.54, 1.807) is 0 Å². The van der Waals surface area contributed by atoms with Crippen LogP contribution in [0, 0.1) is 6.92 Å². The highest BCUT2D eigenvalue weighted by Crippen LogP contribution is 2.16. The Labute approximate surface area is 111 Å². The SMILES string of the molecule is Cc1ccc(C(N)CN2CCCCCCC2)cc1. The van der Waals surface area contributed by atoms with Crippen LogP contribution in [0.3, 0.4) is 0 Å². The Bertz CT molecular complexity index is 337. The molecule has 1 saturated heterocycles. The Hall–Kier alpha value is -0.860. The van der Waals surface area contributed by atoms with Gasteiger partial charge in [-0.25, -0.2) is 0 Å². The highest BCUT2D eigenvalue weighted by molar-refractivity contribution is 5.24. The van der Waals surface area contributed by atoms with E-state index in [2.05, 4.69) is 36.1 Å². The van der Waals surface area contributed by atoms with Crippen LogP contribution in [0.5, 0.6) is 0 Å². The fraction of sp³-hybridized carbons (Fsp3) is 0.625. The predicted molar refractivity (Wildman–Crippen MR) is 77.6 cm³/mol. The lowest BCUT2D eigenvalue weighted by Crippen LogP contribution is -2.34. The summed E-state index contributed by atoms with van der Waals surface area (Å²) in [5.41, 5.74) is 8.89. The number of likely N-dealkylation sites (tertiary alicyclic amines) is 1. The molecule has 2 rings (SSSR count). The van der Waals surface area contributed by atoms with Gasteiger partial charge in [0.05, 0.1) is 0 Å². The van der Waals surface area contributed by atoms with Crippen LogP contribution in [0.4, 0.5) is 0 Å². The molecule has 0 spiro atoms. The Kier molecular flexibility index (Phi) is 5.21. The monoisotopic (exact) mass is 246 g/mol. The first kappa shape index (κ1) is 13.6. The molecule has 1 aliphatic heterocycles. The zero-order valence-corrected chi connectivity index (χ0v) is 11.6. The van der Waals surface area contributed by atoms with Gasteiger partial charge in [0.15, 0.2) is 0 Å². The lowest BCUT2D eigenvalue weighted by Gasteiger charge is -2.27. The van der Waals surface area contributed by atoms with Crippen LogP contribution in [0.2, 0.25) is 0 Å². The van der Waals surface area contributed by atoms with Crippen molar-refractivity contribution in [3.05, 3.63) is 35.4 Å². The standard InChI is InChI=1S/C16H26N2/c1-14-7-9-15(10-8-14)16(17)13-18-11-5-3-2-4-6-12-18/h7-10,16H,2-6,11-13,17H2,1H3. The lowest BCUT2D eigenvalue weighted by atomic mass is 10.0. The fourth-order valence-electron chi connectivity index (χ4n) is 2.69. The van der Waals surface area contributed by atoms with Crippen molar-refractivity contribution in [1.82, 2.24) is 4.90 Å². The van der Waals surface area contributed by atoms with Gasteiger partial charge in [-0.15, -0.1) is 0 Å². The van der Waals surface area contributed by atoms with Crippen LogP contribution in [0.1, 0.15) is 49.3 Å². The molecule has 1 atom stereocenters. The van der Waals surface area contributed by atoms with E-state index in [0.717, 1.165) is 6.54 Å². The van der Waals surface area contributed by atoms with E-state index < -0.39 is 0 Å². The Morgan fingerprint density at radius 2 is 1.56 bits per heavy atom. The lowest BCUT2D eigenvalue weighted by molar-refractivity contribution is 0.234. The van der Waals surface area contributed by atoms with Crippen molar-refractivity contribution in [2.45, 2.75) is 45.1 Å². The predicted octanol–water partition coefficient (Wildman–Crippen LogP) is 3.26. The van der Waals surface area contributed by atoms with Crippen molar-refractivity contribution < 1.29 is 0 Å². The molecule has 2 N–H and O–H groups in total. The first-order valence-corrected chi connectivity index (χ1v) is 7.30. The zero-order valence-electron chi connectivity index (χ0n) is 11.6. The second kappa shape index (κ2) is 6.91. The summed E-state index contributed by atoms with van der Waals surface area (Å²) in [5, 5.41) is 0. The molecular weight excluding hydrogens is 220 g/mol. The largest absolute Gasteiger partial charge is 0.323 e. The first-order chi connectivity index (χ1) is 8.75. The summed E-state index contributed by atoms with van der Waals surface area (Å²) in [5.74, 6) is 0. The normalized spacial score (nSPS) is 20.1. The molecule has 2 heteroatoms. The maximum Gasteiger partial charge on any atom is 0.0424 e. The van der Waals surface area contributed by atoms with Gasteiger partial charge >= 0.3 is 0 Å². The van der Waals surface area contributed by atoms with E-state index in [-0.39, 0.29) is 6.04 Å². The number of hydrogen-bond acceptors (Lipinski definition) is 2. The first-order valence-electron chi connectivity index (χ1n) is 7.30. The van der Waals surface area contributed by atoms with E-state index in [4.69, 9.17) is 5.73 Å². The van der Waals surface area contributed by atoms with Crippen molar-refractivity contribution in [1.29, 1.82) is 0 Å². The van der Waals surface area contributed by atoms with E-state index >= 15 is 0 Å². The van der Waals surface area contributed by atoms with E-state index in [0.29, 0.717) is 0 Å². The molecule has 2 nitrogen and oxygen atoms in total. The molecule has 1 aromatic carbocycles. The number of rotatable bonds is 3. The van der Waals surface area contributed by atoms with Gasteiger partial charge in [0.25, 0.3) is 0 Å². The molecule has 0 amide bonds. The second-order valence-electron chi connectivity index (χ2n) is 5.59. The van der Waals surface area contributed by atoms with E-state index in [1.165, 1.54) is 56.3 Å². The molecule has 0 bridgehead atoms. The van der Waals surface area contributed by atoms with Crippen LogP contribution < -0.4 is 5.73 Å². The summed E-state index contributed by atoms with van der Waals surface area (Å²) in [6.07, 6.45) is 6.85. The summed E-state index contributed by atoms with van der Waals surface area (Å²) < 4.78 is 0. The van der Waals surface area contributed by atoms with Crippen molar-refractivity contribution >= 4 is 0 Å². The summed E-state index contributed by atoms with van der Waals surface area (Å²) in [6.45, 7) is 5.57. The van der Waals surface area contributed by atoms with Gasteiger partial charge in [-0.1, -0.05) is 49.1 Å². The molecule has 0 saturated carbocycles. The minimum absolute atomic E-state index is 0.157. The summed E-state index contributed by atoms with van der Waals surface area (Å²) in [4.78, 5) is 2.55. The molecular formula is C16H26N2. The Balaban J connectivity index is 1.88. The van der Waals surface area contributed by atoms with Crippen LogP contribution in [0.25, 0.3) is 0 Å². The van der Waals surface area contributed by atoms with Crippen molar-refractivity contribution in [3.8, 4) is 0 Å². The minimum Gasteiger partial charge on any atom is -0.323 e. The van der Waals surface area contributed by atoms with Gasteiger partial charge < -0.3 is 10.6 Å². The minimum atomic E-state index is 0.157. The van der Waals surface area contributed by atoms with Gasteiger partial charge in [-0.3, -0.25) is 0 Å². The molecule has 1 aromatic rings. The van der Waals surface area contributed by atoms with Gasteiger partial charge in [-0.2, -0.15) is 0 Å². The molecule has 1 aliphatic rings. The maximum atomic E-state index is 6.32. The second-order valence-corrected chi connectivity index (χ2v) is 5.59. The Morgan fingerprint density at radius 1 is 1.00 bits per heavy atom. The van der Waals surface area contributed by atoms with Crippen LogP contribution in [0.15, 0.2) is 24.3 Å². The van der Waals surface area contributed by atoms with Gasteiger partial charge in [0.1, 0.15) is 0 Å². The number of hydrogen-bond donors (Lipinski definition) is 1. The van der Waals surface area contributed by atoms with E-state index in [1.807, 2.05) is 0 Å². The molecule has 1 heterocycles. The highest BCUT2D eigenvalue weighted by Gasteiger charge is 2.13. The van der Waals surface area contributed by atoms with Gasteiger partial charge in [0.2, 0.25) is 0 Å². The summed E-state index contributed by atoms with van der Waals surface area (Å²) >= 11 is 0. The molecule has 100 valence electrons. The van der Waals surface area contributed by atoms with Gasteiger partial charge in [-0.05, 0) is 38.4 Å². The molecule has 1 unspecified atom stereocenters. The summed E-state index contributed by atoms with van der Waals surface area (Å²) in [7, 11) is 0. The third kappa shape index (κ3) is 4.11. The summed E-state index contributed by atoms with van der Waals surface area (Å²) in [6, 6.07) is 8.81. The quantitative estimate of drug-likeness (QED) is 0.887. The van der Waals surface area contributed by atoms with Crippen molar-refractivity contribution in [3.63, 3.8) is 0 Å². The third-order valence-electron chi connectivity index (χ3n) is 3.91. The number of benzene rings is 1.